The van der Waals surface area contributed by atoms with Crippen LogP contribution in [0.25, 0.3) is 0 Å². The first kappa shape index (κ1) is 21.1. The second-order valence-corrected chi connectivity index (χ2v) is 5.53. The zero-order valence-corrected chi connectivity index (χ0v) is 14.3. The molecule has 0 aromatic carbocycles. The fourth-order valence-electron chi connectivity index (χ4n) is 2.08. The number of carbonyl (C=O) groups is 1. The molecule has 0 bridgehead atoms. The van der Waals surface area contributed by atoms with Crippen molar-refractivity contribution in [3.8, 4) is 0 Å². The summed E-state index contributed by atoms with van der Waals surface area (Å²) in [5, 5.41) is 17.8. The molecular formula is C16H35N3O3. The largest absolute Gasteiger partial charge is 0.465 e. The summed E-state index contributed by atoms with van der Waals surface area (Å²) in [5.41, 5.74) is 0. The van der Waals surface area contributed by atoms with E-state index < -0.39 is 12.3 Å². The number of rotatable bonds is 16. The summed E-state index contributed by atoms with van der Waals surface area (Å²) in [4.78, 5) is 10.6. The van der Waals surface area contributed by atoms with E-state index in [-0.39, 0.29) is 0 Å². The van der Waals surface area contributed by atoms with Crippen LogP contribution in [0.1, 0.15) is 58.8 Å². The fraction of sp³-hybridized carbons (Fsp3) is 0.938. The van der Waals surface area contributed by atoms with E-state index >= 15 is 0 Å². The molecule has 1 atom stereocenters. The molecule has 0 aromatic heterocycles. The number of ether oxygens (including phenoxy) is 1. The Balaban J connectivity index is 3.39. The molecule has 0 aliphatic heterocycles. The Labute approximate surface area is 135 Å². The average Bonchev–Trinajstić information content (AvgIpc) is 2.49. The van der Waals surface area contributed by atoms with E-state index in [4.69, 9.17) is 9.84 Å². The Kier molecular flexibility index (Phi) is 15.9. The molecule has 6 heteroatoms. The van der Waals surface area contributed by atoms with Gasteiger partial charge in [0.25, 0.3) is 0 Å². The monoisotopic (exact) mass is 317 g/mol. The standard InChI is InChI=1S/C16H35N3O3/c1-3-5-6-7-10-17-11-8-9-12-18-14-15(19-16(20)21)22-13-4-2/h15,17-19H,3-14H2,1-2H3,(H,20,21). The highest BCUT2D eigenvalue weighted by molar-refractivity contribution is 5.64. The molecule has 0 saturated heterocycles. The third-order valence-electron chi connectivity index (χ3n) is 3.30. The van der Waals surface area contributed by atoms with Crippen LogP contribution >= 0.6 is 0 Å². The van der Waals surface area contributed by atoms with E-state index in [1.165, 1.54) is 25.7 Å². The molecular weight excluding hydrogens is 282 g/mol. The summed E-state index contributed by atoms with van der Waals surface area (Å²) in [6.45, 7) is 8.35. The zero-order chi connectivity index (χ0) is 16.5. The number of hydrogen-bond donors (Lipinski definition) is 4. The fourth-order valence-corrected chi connectivity index (χ4v) is 2.08. The molecule has 0 spiro atoms. The second kappa shape index (κ2) is 16.5. The van der Waals surface area contributed by atoms with E-state index in [1.54, 1.807) is 0 Å². The summed E-state index contributed by atoms with van der Waals surface area (Å²) < 4.78 is 5.43. The van der Waals surface area contributed by atoms with Gasteiger partial charge in [0.1, 0.15) is 6.23 Å². The number of nitrogens with one attached hydrogen (secondary N) is 3. The molecule has 22 heavy (non-hydrogen) atoms. The van der Waals surface area contributed by atoms with Crippen LogP contribution in [-0.4, -0.2) is 50.2 Å². The van der Waals surface area contributed by atoms with Crippen LogP contribution in [0.5, 0.6) is 0 Å². The van der Waals surface area contributed by atoms with Crippen molar-refractivity contribution in [3.63, 3.8) is 0 Å². The van der Waals surface area contributed by atoms with Gasteiger partial charge in [0.2, 0.25) is 0 Å². The highest BCUT2D eigenvalue weighted by Crippen LogP contribution is 1.97. The van der Waals surface area contributed by atoms with Crippen molar-refractivity contribution in [2.45, 2.75) is 65.0 Å². The number of hydrogen-bond acceptors (Lipinski definition) is 4. The van der Waals surface area contributed by atoms with Gasteiger partial charge in [-0.2, -0.15) is 0 Å². The smallest absolute Gasteiger partial charge is 0.406 e. The third-order valence-corrected chi connectivity index (χ3v) is 3.30. The van der Waals surface area contributed by atoms with E-state index in [0.717, 1.165) is 38.9 Å². The lowest BCUT2D eigenvalue weighted by Crippen LogP contribution is -2.43. The summed E-state index contributed by atoms with van der Waals surface area (Å²) in [6.07, 6.45) is 6.78. The predicted molar refractivity (Wildman–Crippen MR) is 90.3 cm³/mol. The molecule has 4 N–H and O–H groups in total. The quantitative estimate of drug-likeness (QED) is 0.260. The lowest BCUT2D eigenvalue weighted by atomic mass is 10.2. The molecule has 132 valence electrons. The number of amides is 1. The molecule has 1 unspecified atom stereocenters. The maximum atomic E-state index is 10.6. The minimum Gasteiger partial charge on any atom is -0.465 e. The van der Waals surface area contributed by atoms with Crippen molar-refractivity contribution in [1.82, 2.24) is 16.0 Å². The van der Waals surface area contributed by atoms with Crippen LogP contribution in [0.2, 0.25) is 0 Å². The highest BCUT2D eigenvalue weighted by atomic mass is 16.5. The van der Waals surface area contributed by atoms with E-state index in [2.05, 4.69) is 22.9 Å². The topological polar surface area (TPSA) is 82.6 Å². The molecule has 0 rings (SSSR count). The summed E-state index contributed by atoms with van der Waals surface area (Å²) >= 11 is 0. The number of unbranched alkanes of at least 4 members (excludes halogenated alkanes) is 4. The van der Waals surface area contributed by atoms with Gasteiger partial charge in [0.15, 0.2) is 0 Å². The van der Waals surface area contributed by atoms with Gasteiger partial charge in [-0.15, -0.1) is 0 Å². The molecule has 0 aliphatic rings. The van der Waals surface area contributed by atoms with Crippen molar-refractivity contribution in [1.29, 1.82) is 0 Å². The van der Waals surface area contributed by atoms with Crippen LogP contribution in [0.3, 0.4) is 0 Å². The van der Waals surface area contributed by atoms with Gasteiger partial charge in [-0.3, -0.25) is 5.32 Å². The van der Waals surface area contributed by atoms with Gasteiger partial charge < -0.3 is 20.5 Å². The van der Waals surface area contributed by atoms with Gasteiger partial charge in [-0.05, 0) is 45.3 Å². The molecule has 0 fully saturated rings. The first-order chi connectivity index (χ1) is 10.7. The van der Waals surface area contributed by atoms with Crippen molar-refractivity contribution < 1.29 is 14.6 Å². The normalized spacial score (nSPS) is 12.3. The minimum atomic E-state index is -1.05. The van der Waals surface area contributed by atoms with Crippen molar-refractivity contribution >= 4 is 6.09 Å². The van der Waals surface area contributed by atoms with Gasteiger partial charge in [0.05, 0.1) is 0 Å². The lowest BCUT2D eigenvalue weighted by molar-refractivity contribution is 0.0320. The Hall–Kier alpha value is -0.850. The molecule has 0 heterocycles. The van der Waals surface area contributed by atoms with Gasteiger partial charge in [-0.1, -0.05) is 33.1 Å². The van der Waals surface area contributed by atoms with Crippen molar-refractivity contribution in [2.75, 3.05) is 32.8 Å². The highest BCUT2D eigenvalue weighted by Gasteiger charge is 2.10. The van der Waals surface area contributed by atoms with Crippen molar-refractivity contribution in [3.05, 3.63) is 0 Å². The average molecular weight is 317 g/mol. The Morgan fingerprint density at radius 1 is 0.955 bits per heavy atom. The van der Waals surface area contributed by atoms with Crippen LogP contribution in [0, 0.1) is 0 Å². The maximum Gasteiger partial charge on any atom is 0.406 e. The van der Waals surface area contributed by atoms with Crippen molar-refractivity contribution in [2.24, 2.45) is 0 Å². The molecule has 0 aliphatic carbocycles. The van der Waals surface area contributed by atoms with Gasteiger partial charge in [0, 0.05) is 13.2 Å². The minimum absolute atomic E-state index is 0.464. The summed E-state index contributed by atoms with van der Waals surface area (Å²) in [5.74, 6) is 0. The van der Waals surface area contributed by atoms with Crippen LogP contribution in [0.15, 0.2) is 0 Å². The van der Waals surface area contributed by atoms with Crippen LogP contribution < -0.4 is 16.0 Å². The SMILES string of the molecule is CCCCCCNCCCCNCC(NC(=O)O)OCCC. The molecule has 1 amide bonds. The van der Waals surface area contributed by atoms with E-state index in [1.807, 2.05) is 6.92 Å². The molecule has 0 radical (unpaired) electrons. The van der Waals surface area contributed by atoms with Crippen LogP contribution in [-0.2, 0) is 4.74 Å². The third kappa shape index (κ3) is 15.5. The van der Waals surface area contributed by atoms with Gasteiger partial charge in [-0.25, -0.2) is 4.79 Å². The summed E-state index contributed by atoms with van der Waals surface area (Å²) in [7, 11) is 0. The second-order valence-electron chi connectivity index (χ2n) is 5.53. The molecule has 0 saturated carbocycles. The lowest BCUT2D eigenvalue weighted by Gasteiger charge is -2.18. The molecule has 0 aromatic rings. The Bertz CT molecular complexity index is 253. The Morgan fingerprint density at radius 2 is 1.59 bits per heavy atom. The first-order valence-corrected chi connectivity index (χ1v) is 8.73. The van der Waals surface area contributed by atoms with Gasteiger partial charge >= 0.3 is 6.09 Å². The first-order valence-electron chi connectivity index (χ1n) is 8.73. The van der Waals surface area contributed by atoms with E-state index in [0.29, 0.717) is 13.2 Å². The Morgan fingerprint density at radius 3 is 2.18 bits per heavy atom. The molecule has 6 nitrogen and oxygen atoms in total. The predicted octanol–water partition coefficient (Wildman–Crippen LogP) is 2.55. The van der Waals surface area contributed by atoms with E-state index in [9.17, 15) is 4.79 Å². The summed E-state index contributed by atoms with van der Waals surface area (Å²) in [6, 6.07) is 0. The zero-order valence-electron chi connectivity index (χ0n) is 14.3. The number of carboxylic acid groups (broad SMARTS) is 1. The maximum absolute atomic E-state index is 10.6. The van der Waals surface area contributed by atoms with Crippen LogP contribution in [0.4, 0.5) is 4.79 Å².